The fourth-order valence-corrected chi connectivity index (χ4v) is 4.17. The molecule has 0 saturated carbocycles. The Kier molecular flexibility index (Phi) is 11.9. The lowest BCUT2D eigenvalue weighted by Crippen LogP contribution is -2.42. The molecular formula is C14H33NO3Si. The SMILES string of the molecule is CCCN(CCC)CCCCC[Si](OC)(OC)OC. The molecular weight excluding hydrogens is 258 g/mol. The molecule has 0 saturated heterocycles. The maximum Gasteiger partial charge on any atom is 0.500 e. The van der Waals surface area contributed by atoms with Crippen LogP contribution < -0.4 is 0 Å². The molecule has 0 unspecified atom stereocenters. The molecule has 0 aliphatic rings. The Bertz CT molecular complexity index is 187. The quantitative estimate of drug-likeness (QED) is 0.385. The second kappa shape index (κ2) is 11.8. The summed E-state index contributed by atoms with van der Waals surface area (Å²) in [4.78, 5) is 2.56. The van der Waals surface area contributed by atoms with Crippen molar-refractivity contribution in [2.75, 3.05) is 41.0 Å². The zero-order valence-corrected chi connectivity index (χ0v) is 14.5. The fourth-order valence-electron chi connectivity index (χ4n) is 2.38. The average molecular weight is 292 g/mol. The second-order valence-electron chi connectivity index (χ2n) is 4.95. The van der Waals surface area contributed by atoms with E-state index in [2.05, 4.69) is 18.7 Å². The van der Waals surface area contributed by atoms with Gasteiger partial charge in [-0.1, -0.05) is 20.3 Å². The molecule has 0 aromatic heterocycles. The molecule has 0 spiro atoms. The van der Waals surface area contributed by atoms with Gasteiger partial charge < -0.3 is 18.2 Å². The Morgan fingerprint density at radius 3 is 1.68 bits per heavy atom. The van der Waals surface area contributed by atoms with Crippen LogP contribution in [0.2, 0.25) is 6.04 Å². The van der Waals surface area contributed by atoms with Crippen molar-refractivity contribution in [3.8, 4) is 0 Å². The van der Waals surface area contributed by atoms with E-state index < -0.39 is 8.80 Å². The molecule has 0 amide bonds. The van der Waals surface area contributed by atoms with Crippen LogP contribution in [-0.4, -0.2) is 54.7 Å². The molecule has 19 heavy (non-hydrogen) atoms. The van der Waals surface area contributed by atoms with E-state index in [1.165, 1.54) is 45.3 Å². The molecule has 0 radical (unpaired) electrons. The second-order valence-corrected chi connectivity index (χ2v) is 8.04. The molecule has 0 aliphatic heterocycles. The first kappa shape index (κ1) is 19.1. The largest absolute Gasteiger partial charge is 0.500 e. The number of nitrogens with zero attached hydrogens (tertiary/aromatic N) is 1. The van der Waals surface area contributed by atoms with Gasteiger partial charge in [-0.15, -0.1) is 0 Å². The van der Waals surface area contributed by atoms with Crippen LogP contribution in [0.5, 0.6) is 0 Å². The van der Waals surface area contributed by atoms with Gasteiger partial charge in [0.2, 0.25) is 0 Å². The normalized spacial score (nSPS) is 12.3. The predicted octanol–water partition coefficient (Wildman–Crippen LogP) is 3.16. The highest BCUT2D eigenvalue weighted by molar-refractivity contribution is 6.60. The van der Waals surface area contributed by atoms with Crippen molar-refractivity contribution < 1.29 is 13.3 Å². The minimum absolute atomic E-state index is 0.915. The van der Waals surface area contributed by atoms with Crippen LogP contribution in [0.3, 0.4) is 0 Å². The smallest absolute Gasteiger partial charge is 0.377 e. The summed E-state index contributed by atoms with van der Waals surface area (Å²) in [6.07, 6.45) is 6.07. The minimum Gasteiger partial charge on any atom is -0.377 e. The Morgan fingerprint density at radius 2 is 1.26 bits per heavy atom. The predicted molar refractivity (Wildman–Crippen MR) is 82.5 cm³/mol. The Hall–Kier alpha value is 0.0569. The van der Waals surface area contributed by atoms with Gasteiger partial charge in [-0.3, -0.25) is 0 Å². The third-order valence-corrected chi connectivity index (χ3v) is 6.30. The summed E-state index contributed by atoms with van der Waals surface area (Å²) in [6.45, 7) is 8.15. The molecule has 0 heterocycles. The summed E-state index contributed by atoms with van der Waals surface area (Å²) in [5.74, 6) is 0. The van der Waals surface area contributed by atoms with Gasteiger partial charge in [0.25, 0.3) is 0 Å². The first-order valence-corrected chi connectivity index (χ1v) is 9.49. The van der Waals surface area contributed by atoms with E-state index in [1.807, 2.05) is 0 Å². The summed E-state index contributed by atoms with van der Waals surface area (Å²) in [5, 5.41) is 0. The molecule has 0 aliphatic carbocycles. The number of hydrogen-bond acceptors (Lipinski definition) is 4. The molecule has 0 rings (SSSR count). The first-order valence-electron chi connectivity index (χ1n) is 7.55. The third kappa shape index (κ3) is 8.04. The minimum atomic E-state index is -2.34. The molecule has 0 atom stereocenters. The molecule has 0 fully saturated rings. The van der Waals surface area contributed by atoms with Gasteiger partial charge in [-0.2, -0.15) is 0 Å². The summed E-state index contributed by atoms with van der Waals surface area (Å²) in [6, 6.07) is 0.915. The van der Waals surface area contributed by atoms with Gasteiger partial charge >= 0.3 is 8.80 Å². The van der Waals surface area contributed by atoms with Gasteiger partial charge in [0.05, 0.1) is 0 Å². The van der Waals surface area contributed by atoms with Gasteiger partial charge in [0.1, 0.15) is 0 Å². The van der Waals surface area contributed by atoms with Crippen LogP contribution in [-0.2, 0) is 13.3 Å². The average Bonchev–Trinajstić information content (AvgIpc) is 2.44. The molecule has 116 valence electrons. The van der Waals surface area contributed by atoms with Crippen molar-refractivity contribution in [2.24, 2.45) is 0 Å². The summed E-state index contributed by atoms with van der Waals surface area (Å²) >= 11 is 0. The van der Waals surface area contributed by atoms with Gasteiger partial charge in [0, 0.05) is 27.4 Å². The van der Waals surface area contributed by atoms with Crippen molar-refractivity contribution in [1.82, 2.24) is 4.90 Å². The molecule has 0 N–H and O–H groups in total. The molecule has 4 nitrogen and oxygen atoms in total. The Morgan fingerprint density at radius 1 is 0.737 bits per heavy atom. The lowest BCUT2D eigenvalue weighted by molar-refractivity contribution is 0.122. The molecule has 0 aromatic rings. The van der Waals surface area contributed by atoms with E-state index in [4.69, 9.17) is 13.3 Å². The van der Waals surface area contributed by atoms with Gasteiger partial charge in [-0.05, 0) is 45.3 Å². The van der Waals surface area contributed by atoms with E-state index >= 15 is 0 Å². The van der Waals surface area contributed by atoms with Crippen molar-refractivity contribution in [1.29, 1.82) is 0 Å². The van der Waals surface area contributed by atoms with E-state index in [1.54, 1.807) is 21.3 Å². The zero-order chi connectivity index (χ0) is 14.6. The van der Waals surface area contributed by atoms with Gasteiger partial charge in [0.15, 0.2) is 0 Å². The standard InChI is InChI=1S/C14H33NO3Si/c1-6-11-15(12-7-2)13-9-8-10-14-19(16-3,17-4)18-5/h6-14H2,1-5H3. The van der Waals surface area contributed by atoms with Crippen LogP contribution >= 0.6 is 0 Å². The maximum atomic E-state index is 5.43. The van der Waals surface area contributed by atoms with Crippen LogP contribution in [0, 0.1) is 0 Å². The first-order chi connectivity index (χ1) is 9.17. The molecule has 5 heteroatoms. The number of rotatable bonds is 13. The van der Waals surface area contributed by atoms with Gasteiger partial charge in [-0.25, -0.2) is 0 Å². The monoisotopic (exact) mass is 291 g/mol. The van der Waals surface area contributed by atoms with Crippen molar-refractivity contribution in [3.05, 3.63) is 0 Å². The highest BCUT2D eigenvalue weighted by Crippen LogP contribution is 2.17. The van der Waals surface area contributed by atoms with Crippen LogP contribution in [0.25, 0.3) is 0 Å². The highest BCUT2D eigenvalue weighted by atomic mass is 28.4. The Labute approximate surface area is 120 Å². The van der Waals surface area contributed by atoms with Crippen LogP contribution in [0.15, 0.2) is 0 Å². The number of hydrogen-bond donors (Lipinski definition) is 0. The van der Waals surface area contributed by atoms with Crippen molar-refractivity contribution >= 4 is 8.80 Å². The number of unbranched alkanes of at least 4 members (excludes halogenated alkanes) is 2. The summed E-state index contributed by atoms with van der Waals surface area (Å²) < 4.78 is 16.3. The van der Waals surface area contributed by atoms with E-state index in [0.29, 0.717) is 0 Å². The molecule has 0 aromatic carbocycles. The van der Waals surface area contributed by atoms with Crippen molar-refractivity contribution in [2.45, 2.75) is 52.0 Å². The van der Waals surface area contributed by atoms with Crippen LogP contribution in [0.4, 0.5) is 0 Å². The van der Waals surface area contributed by atoms with Crippen LogP contribution in [0.1, 0.15) is 46.0 Å². The summed E-state index contributed by atoms with van der Waals surface area (Å²) in [7, 11) is 2.71. The summed E-state index contributed by atoms with van der Waals surface area (Å²) in [5.41, 5.74) is 0. The Balaban J connectivity index is 3.78. The highest BCUT2D eigenvalue weighted by Gasteiger charge is 2.36. The third-order valence-electron chi connectivity index (χ3n) is 3.47. The zero-order valence-electron chi connectivity index (χ0n) is 13.5. The topological polar surface area (TPSA) is 30.9 Å². The maximum absolute atomic E-state index is 5.43. The van der Waals surface area contributed by atoms with E-state index in [0.717, 1.165) is 12.5 Å². The lowest BCUT2D eigenvalue weighted by Gasteiger charge is -2.24. The van der Waals surface area contributed by atoms with E-state index in [-0.39, 0.29) is 0 Å². The fraction of sp³-hybridized carbons (Fsp3) is 1.00. The van der Waals surface area contributed by atoms with E-state index in [9.17, 15) is 0 Å². The lowest BCUT2D eigenvalue weighted by atomic mass is 10.2. The van der Waals surface area contributed by atoms with Crippen molar-refractivity contribution in [3.63, 3.8) is 0 Å². The molecule has 0 bridgehead atoms.